The van der Waals surface area contributed by atoms with Gasteiger partial charge >= 0.3 is 0 Å². The van der Waals surface area contributed by atoms with Gasteiger partial charge in [-0.15, -0.1) is 0 Å². The van der Waals surface area contributed by atoms with E-state index >= 15 is 0 Å². The summed E-state index contributed by atoms with van der Waals surface area (Å²) in [7, 11) is 3.05. The molecule has 0 saturated heterocycles. The Morgan fingerprint density at radius 3 is 2.24 bits per heavy atom. The topological polar surface area (TPSA) is 35.5 Å². The van der Waals surface area contributed by atoms with Crippen LogP contribution >= 0.6 is 43.5 Å². The zero-order valence-electron chi connectivity index (χ0n) is 11.2. The fourth-order valence-electron chi connectivity index (χ4n) is 1.85. The van der Waals surface area contributed by atoms with Gasteiger partial charge < -0.3 is 9.47 Å². The molecule has 0 aliphatic heterocycles. The molecular weight excluding hydrogens is 423 g/mol. The van der Waals surface area contributed by atoms with Crippen LogP contribution in [-0.2, 0) is 0 Å². The number of carbonyl (C=O) groups is 1. The maximum Gasteiger partial charge on any atom is 0.198 e. The molecule has 0 N–H and O–H groups in total. The molecule has 0 radical (unpaired) electrons. The van der Waals surface area contributed by atoms with E-state index in [9.17, 15) is 4.79 Å². The van der Waals surface area contributed by atoms with E-state index in [4.69, 9.17) is 21.1 Å². The van der Waals surface area contributed by atoms with Crippen molar-refractivity contribution in [1.29, 1.82) is 0 Å². The zero-order chi connectivity index (χ0) is 15.6. The summed E-state index contributed by atoms with van der Waals surface area (Å²) in [6.07, 6.45) is 0. The average molecular weight is 435 g/mol. The first kappa shape index (κ1) is 16.3. The number of halogens is 3. The SMILES string of the molecule is COc1cc(C(=O)c2cc(Cl)ccc2Br)c(OC)cc1Br. The van der Waals surface area contributed by atoms with Crippen LogP contribution < -0.4 is 9.47 Å². The van der Waals surface area contributed by atoms with Crippen LogP contribution in [0.2, 0.25) is 5.02 Å². The number of hydrogen-bond donors (Lipinski definition) is 0. The Balaban J connectivity index is 2.59. The highest BCUT2D eigenvalue weighted by atomic mass is 79.9. The highest BCUT2D eigenvalue weighted by Crippen LogP contribution is 2.35. The Morgan fingerprint density at radius 1 is 0.952 bits per heavy atom. The zero-order valence-corrected chi connectivity index (χ0v) is 15.2. The monoisotopic (exact) mass is 432 g/mol. The van der Waals surface area contributed by atoms with Gasteiger partial charge in [-0.25, -0.2) is 0 Å². The fourth-order valence-corrected chi connectivity index (χ4v) is 2.94. The summed E-state index contributed by atoms with van der Waals surface area (Å²) in [5.74, 6) is 0.809. The molecule has 2 aromatic rings. The van der Waals surface area contributed by atoms with Crippen molar-refractivity contribution < 1.29 is 14.3 Å². The standard InChI is InChI=1S/C15H11Br2ClO3/c1-20-13-7-12(17)14(21-2)6-10(13)15(19)9-5-8(18)3-4-11(9)16/h3-7H,1-2H3. The van der Waals surface area contributed by atoms with E-state index in [0.717, 1.165) is 0 Å². The van der Waals surface area contributed by atoms with Gasteiger partial charge in [0.25, 0.3) is 0 Å². The Hall–Kier alpha value is -1.04. The lowest BCUT2D eigenvalue weighted by atomic mass is 10.0. The first-order valence-corrected chi connectivity index (χ1v) is 7.85. The molecule has 0 unspecified atom stereocenters. The van der Waals surface area contributed by atoms with Crippen LogP contribution in [0.25, 0.3) is 0 Å². The van der Waals surface area contributed by atoms with Gasteiger partial charge in [-0.2, -0.15) is 0 Å². The third-order valence-corrected chi connectivity index (χ3v) is 4.44. The maximum atomic E-state index is 12.7. The van der Waals surface area contributed by atoms with E-state index in [0.29, 0.717) is 36.6 Å². The number of hydrogen-bond acceptors (Lipinski definition) is 3. The van der Waals surface area contributed by atoms with Crippen LogP contribution in [-0.4, -0.2) is 20.0 Å². The molecule has 2 rings (SSSR count). The van der Waals surface area contributed by atoms with Gasteiger partial charge in [0.15, 0.2) is 5.78 Å². The number of ether oxygens (including phenoxy) is 2. The fraction of sp³-hybridized carbons (Fsp3) is 0.133. The Bertz CT molecular complexity index is 702. The van der Waals surface area contributed by atoms with Gasteiger partial charge in [0, 0.05) is 15.1 Å². The first-order chi connectivity index (χ1) is 9.97. The van der Waals surface area contributed by atoms with Crippen LogP contribution in [0.4, 0.5) is 0 Å². The summed E-state index contributed by atoms with van der Waals surface area (Å²) in [4.78, 5) is 12.7. The highest BCUT2D eigenvalue weighted by molar-refractivity contribution is 9.10. The molecular formula is C15H11Br2ClO3. The molecule has 0 spiro atoms. The Morgan fingerprint density at radius 2 is 1.62 bits per heavy atom. The second-order valence-electron chi connectivity index (χ2n) is 4.14. The Labute approximate surface area is 144 Å². The molecule has 3 nitrogen and oxygen atoms in total. The molecule has 21 heavy (non-hydrogen) atoms. The smallest absolute Gasteiger partial charge is 0.198 e. The summed E-state index contributed by atoms with van der Waals surface area (Å²) in [5, 5.41) is 0.490. The van der Waals surface area contributed by atoms with E-state index in [2.05, 4.69) is 31.9 Å². The molecule has 0 fully saturated rings. The van der Waals surface area contributed by atoms with E-state index in [1.165, 1.54) is 14.2 Å². The van der Waals surface area contributed by atoms with Crippen molar-refractivity contribution in [3.05, 3.63) is 55.4 Å². The van der Waals surface area contributed by atoms with Gasteiger partial charge in [-0.1, -0.05) is 27.5 Å². The van der Waals surface area contributed by atoms with Crippen LogP contribution in [0.5, 0.6) is 11.5 Å². The second kappa shape index (κ2) is 6.81. The van der Waals surface area contributed by atoms with Crippen molar-refractivity contribution in [3.63, 3.8) is 0 Å². The molecule has 0 bridgehead atoms. The minimum Gasteiger partial charge on any atom is -0.496 e. The van der Waals surface area contributed by atoms with Crippen molar-refractivity contribution in [3.8, 4) is 11.5 Å². The van der Waals surface area contributed by atoms with Crippen molar-refractivity contribution >= 4 is 49.2 Å². The molecule has 0 saturated carbocycles. The summed E-state index contributed by atoms with van der Waals surface area (Å²) in [5.41, 5.74) is 0.866. The molecule has 0 amide bonds. The quantitative estimate of drug-likeness (QED) is 0.627. The molecule has 0 aliphatic rings. The van der Waals surface area contributed by atoms with Crippen molar-refractivity contribution in [2.75, 3.05) is 14.2 Å². The molecule has 0 aliphatic carbocycles. The first-order valence-electron chi connectivity index (χ1n) is 5.89. The van der Waals surface area contributed by atoms with Crippen molar-refractivity contribution in [2.45, 2.75) is 0 Å². The molecule has 110 valence electrons. The minimum absolute atomic E-state index is 0.202. The summed E-state index contributed by atoms with van der Waals surface area (Å²) >= 11 is 12.7. The molecule has 0 aromatic heterocycles. The summed E-state index contributed by atoms with van der Waals surface area (Å²) in [6, 6.07) is 8.39. The lowest BCUT2D eigenvalue weighted by Crippen LogP contribution is -2.06. The maximum absolute atomic E-state index is 12.7. The molecule has 0 atom stereocenters. The van der Waals surface area contributed by atoms with E-state index in [1.807, 2.05) is 0 Å². The predicted molar refractivity (Wildman–Crippen MR) is 89.8 cm³/mol. The number of rotatable bonds is 4. The van der Waals surface area contributed by atoms with Crippen LogP contribution in [0.15, 0.2) is 39.3 Å². The summed E-state index contributed by atoms with van der Waals surface area (Å²) in [6.45, 7) is 0. The van der Waals surface area contributed by atoms with Crippen LogP contribution in [0.3, 0.4) is 0 Å². The number of benzene rings is 2. The lowest BCUT2D eigenvalue weighted by Gasteiger charge is -2.12. The van der Waals surface area contributed by atoms with Gasteiger partial charge in [0.2, 0.25) is 0 Å². The lowest BCUT2D eigenvalue weighted by molar-refractivity contribution is 0.103. The average Bonchev–Trinajstić information content (AvgIpc) is 2.48. The highest BCUT2D eigenvalue weighted by Gasteiger charge is 2.20. The third-order valence-electron chi connectivity index (χ3n) is 2.89. The van der Waals surface area contributed by atoms with Gasteiger partial charge in [0.1, 0.15) is 11.5 Å². The number of carbonyl (C=O) groups excluding carboxylic acids is 1. The third kappa shape index (κ3) is 3.42. The minimum atomic E-state index is -0.202. The van der Waals surface area contributed by atoms with E-state index in [-0.39, 0.29) is 5.78 Å². The van der Waals surface area contributed by atoms with E-state index in [1.54, 1.807) is 30.3 Å². The van der Waals surface area contributed by atoms with Crippen molar-refractivity contribution in [2.24, 2.45) is 0 Å². The molecule has 0 heterocycles. The van der Waals surface area contributed by atoms with Crippen molar-refractivity contribution in [1.82, 2.24) is 0 Å². The van der Waals surface area contributed by atoms with Gasteiger partial charge in [-0.05, 0) is 46.3 Å². The molecule has 6 heteroatoms. The Kier molecular flexibility index (Phi) is 5.30. The van der Waals surface area contributed by atoms with Gasteiger partial charge in [0.05, 0.1) is 24.3 Å². The number of ketones is 1. The summed E-state index contributed by atoms with van der Waals surface area (Å²) < 4.78 is 11.9. The van der Waals surface area contributed by atoms with Crippen LogP contribution in [0.1, 0.15) is 15.9 Å². The van der Waals surface area contributed by atoms with Crippen LogP contribution in [0, 0.1) is 0 Å². The molecule has 2 aromatic carbocycles. The predicted octanol–water partition coefficient (Wildman–Crippen LogP) is 5.11. The second-order valence-corrected chi connectivity index (χ2v) is 6.29. The largest absolute Gasteiger partial charge is 0.496 e. The normalized spacial score (nSPS) is 10.3. The number of methoxy groups -OCH3 is 2. The van der Waals surface area contributed by atoms with Gasteiger partial charge in [-0.3, -0.25) is 4.79 Å². The van der Waals surface area contributed by atoms with E-state index < -0.39 is 0 Å².